The summed E-state index contributed by atoms with van der Waals surface area (Å²) in [6.45, 7) is 2.17. The highest BCUT2D eigenvalue weighted by atomic mass is 16.8. The van der Waals surface area contributed by atoms with E-state index in [0.29, 0.717) is 12.8 Å². The quantitative estimate of drug-likeness (QED) is 0.0199. The Morgan fingerprint density at radius 2 is 0.959 bits per heavy atom. The lowest BCUT2D eigenvalue weighted by Gasteiger charge is -2.50. The van der Waals surface area contributed by atoms with Gasteiger partial charge in [-0.1, -0.05) is 276 Å². The molecule has 23 heteroatoms. The van der Waals surface area contributed by atoms with Gasteiger partial charge in [0.15, 0.2) is 12.6 Å². The molecular weight excluding hydrogens is 1250 g/mol. The van der Waals surface area contributed by atoms with Crippen LogP contribution in [0.3, 0.4) is 0 Å². The van der Waals surface area contributed by atoms with Crippen molar-refractivity contribution in [3.63, 3.8) is 0 Å². The van der Waals surface area contributed by atoms with Gasteiger partial charge >= 0.3 is 5.97 Å². The number of carboxylic acid groups (broad SMARTS) is 1. The summed E-state index contributed by atoms with van der Waals surface area (Å²) >= 11 is 0. The molecule has 0 aromatic heterocycles. The van der Waals surface area contributed by atoms with Crippen LogP contribution < -0.4 is 10.6 Å². The summed E-state index contributed by atoms with van der Waals surface area (Å²) in [5.74, 6) is -6.13. The summed E-state index contributed by atoms with van der Waals surface area (Å²) in [5, 5.41) is 136. The molecule has 18 unspecified atom stereocenters. The second-order valence-electron chi connectivity index (χ2n) is 28.2. The average molecular weight is 1390 g/mol. The van der Waals surface area contributed by atoms with Gasteiger partial charge < -0.3 is 100 Å². The molecule has 3 aliphatic rings. The van der Waals surface area contributed by atoms with Crippen molar-refractivity contribution in [1.29, 1.82) is 0 Å². The molecule has 0 aliphatic carbocycles. The predicted molar refractivity (Wildman–Crippen MR) is 371 cm³/mol. The molecule has 3 heterocycles. The summed E-state index contributed by atoms with van der Waals surface area (Å²) in [6, 6.07) is -2.61. The predicted octanol–water partition coefficient (Wildman–Crippen LogP) is 9.02. The molecule has 0 aromatic carbocycles. The van der Waals surface area contributed by atoms with Gasteiger partial charge in [-0.05, 0) is 19.3 Å². The minimum absolute atomic E-state index is 0.205. The number of hydrogen-bond acceptors (Lipinski definition) is 20. The van der Waals surface area contributed by atoms with Crippen LogP contribution in [0.1, 0.15) is 303 Å². The van der Waals surface area contributed by atoms with Gasteiger partial charge in [0.1, 0.15) is 67.1 Å². The van der Waals surface area contributed by atoms with E-state index in [4.69, 9.17) is 28.4 Å². The maximum Gasteiger partial charge on any atom is 0.364 e. The van der Waals surface area contributed by atoms with E-state index in [-0.39, 0.29) is 12.3 Å². The van der Waals surface area contributed by atoms with Crippen LogP contribution >= 0.6 is 0 Å². The third kappa shape index (κ3) is 35.5. The van der Waals surface area contributed by atoms with E-state index < -0.39 is 155 Å². The van der Waals surface area contributed by atoms with E-state index in [1.165, 1.54) is 212 Å². The zero-order valence-electron chi connectivity index (χ0n) is 60.0. The van der Waals surface area contributed by atoms with Crippen LogP contribution in [0.5, 0.6) is 0 Å². The summed E-state index contributed by atoms with van der Waals surface area (Å²) in [4.78, 5) is 38.6. The molecule has 0 saturated carbocycles. The van der Waals surface area contributed by atoms with Crippen molar-refractivity contribution < 1.29 is 104 Å². The van der Waals surface area contributed by atoms with Gasteiger partial charge in [0.2, 0.25) is 11.8 Å². The maximum atomic E-state index is 13.5. The Kier molecular flexibility index (Phi) is 49.5. The molecular formula is C74H138N2O21. The number of amides is 2. The number of aliphatic carboxylic acids is 1. The molecule has 14 N–H and O–H groups in total. The van der Waals surface area contributed by atoms with Crippen LogP contribution in [-0.2, 0) is 42.8 Å². The van der Waals surface area contributed by atoms with Gasteiger partial charge in [-0.25, -0.2) is 4.79 Å². The molecule has 0 bridgehead atoms. The molecule has 18 atom stereocenters. The summed E-state index contributed by atoms with van der Waals surface area (Å²) in [7, 11) is 0. The maximum absolute atomic E-state index is 13.5. The molecule has 3 aliphatic heterocycles. The number of rotatable bonds is 60. The molecule has 0 spiro atoms. The third-order valence-corrected chi connectivity index (χ3v) is 19.7. The van der Waals surface area contributed by atoms with Crippen LogP contribution in [0.15, 0.2) is 12.2 Å². The number of hydrogen-bond donors (Lipinski definition) is 14. The molecule has 0 aromatic rings. The van der Waals surface area contributed by atoms with Crippen LogP contribution in [0.25, 0.3) is 0 Å². The first-order valence-electron chi connectivity index (χ1n) is 38.6. The van der Waals surface area contributed by atoms with Crippen LogP contribution in [0.2, 0.25) is 0 Å². The number of carboxylic acids is 1. The molecule has 23 nitrogen and oxygen atoms in total. The molecule has 3 fully saturated rings. The van der Waals surface area contributed by atoms with E-state index >= 15 is 0 Å². The summed E-state index contributed by atoms with van der Waals surface area (Å²) in [5.41, 5.74) is 0. The second-order valence-corrected chi connectivity index (χ2v) is 28.2. The van der Waals surface area contributed by atoms with Crippen molar-refractivity contribution in [1.82, 2.24) is 10.6 Å². The Morgan fingerprint density at radius 1 is 0.536 bits per heavy atom. The van der Waals surface area contributed by atoms with E-state index in [1.807, 2.05) is 6.08 Å². The van der Waals surface area contributed by atoms with Crippen LogP contribution in [-0.4, -0.2) is 215 Å². The smallest absolute Gasteiger partial charge is 0.364 e. The molecule has 3 saturated heterocycles. The van der Waals surface area contributed by atoms with E-state index in [2.05, 4.69) is 24.5 Å². The summed E-state index contributed by atoms with van der Waals surface area (Å²) < 4.78 is 34.8. The normalized spacial score (nSPS) is 27.4. The Morgan fingerprint density at radius 3 is 1.37 bits per heavy atom. The zero-order valence-corrected chi connectivity index (χ0v) is 60.0. The number of aliphatic hydroxyl groups excluding tert-OH is 11. The second kappa shape index (κ2) is 54.2. The fourth-order valence-corrected chi connectivity index (χ4v) is 13.6. The monoisotopic (exact) mass is 1390 g/mol. The average Bonchev–Trinajstić information content (AvgIpc) is 0.757. The first-order valence-corrected chi connectivity index (χ1v) is 38.6. The van der Waals surface area contributed by atoms with Crippen molar-refractivity contribution in [2.24, 2.45) is 0 Å². The van der Waals surface area contributed by atoms with Crippen molar-refractivity contribution in [2.45, 2.75) is 413 Å². The zero-order chi connectivity index (χ0) is 71.1. The largest absolute Gasteiger partial charge is 0.477 e. The van der Waals surface area contributed by atoms with Crippen molar-refractivity contribution in [3.05, 3.63) is 12.2 Å². The van der Waals surface area contributed by atoms with E-state index in [1.54, 1.807) is 6.08 Å². The minimum atomic E-state index is -3.08. The lowest BCUT2D eigenvalue weighted by molar-refractivity contribution is -0.386. The lowest BCUT2D eigenvalue weighted by Crippen LogP contribution is -2.70. The highest BCUT2D eigenvalue weighted by molar-refractivity contribution is 5.77. The number of allylic oxidation sites excluding steroid dienone is 1. The standard InChI is InChI=1S/C74H138N2O21/c1-4-6-8-10-12-14-16-18-20-21-22-23-24-25-26-27-28-29-30-31-32-33-34-36-38-40-42-44-46-48-61(84)76-55(56(81)47-45-43-41-39-37-35-19-17-15-13-11-9-7-5-2)53-92-71-66(88)65(87)68(60(52-79)94-71)95-72-67(89)70(64(86)59(51-78)93-72)97-74(73(90)91)49-57(82)62(75-54(3)80)69(96-74)63(85)58(83)50-77/h45,47,55-60,62-72,77-79,81-83,85-89H,4-44,46,48-53H2,1-3H3,(H,75,80)(H,76,84)(H,90,91)/b47-45+. The van der Waals surface area contributed by atoms with Crippen LogP contribution in [0.4, 0.5) is 0 Å². The number of ether oxygens (including phenoxy) is 6. The molecule has 3 rings (SSSR count). The van der Waals surface area contributed by atoms with Crippen molar-refractivity contribution >= 4 is 17.8 Å². The Labute approximate surface area is 581 Å². The lowest BCUT2D eigenvalue weighted by atomic mass is 9.88. The Balaban J connectivity index is 1.49. The van der Waals surface area contributed by atoms with Crippen molar-refractivity contribution in [2.75, 3.05) is 26.4 Å². The first-order chi connectivity index (χ1) is 46.9. The van der Waals surface area contributed by atoms with Crippen LogP contribution in [0, 0.1) is 0 Å². The van der Waals surface area contributed by atoms with E-state index in [9.17, 15) is 75.7 Å². The molecule has 97 heavy (non-hydrogen) atoms. The van der Waals surface area contributed by atoms with E-state index in [0.717, 1.165) is 51.9 Å². The summed E-state index contributed by atoms with van der Waals surface area (Å²) in [6.07, 6.45) is 27.0. The Bertz CT molecular complexity index is 2000. The van der Waals surface area contributed by atoms with Gasteiger partial charge in [0.05, 0.1) is 50.7 Å². The van der Waals surface area contributed by atoms with Gasteiger partial charge in [-0.3, -0.25) is 9.59 Å². The molecule has 0 radical (unpaired) electrons. The van der Waals surface area contributed by atoms with Gasteiger partial charge in [-0.2, -0.15) is 0 Å². The number of aliphatic hydroxyl groups is 11. The molecule has 2 amide bonds. The third-order valence-electron chi connectivity index (χ3n) is 19.7. The SMILES string of the molecule is CCCCCCCCCCCCCC/C=C/C(O)C(COC1OC(CO)C(OC2OC(CO)C(O)C(OC3(C(=O)O)CC(O)C(NC(C)=O)C(C(O)C(O)CO)O3)C2O)C(O)C1O)NC(=O)CCCCCCCCCCCCCCCCCCCCCCCCCCCCCCC. The number of carbonyl (C=O) groups is 3. The van der Waals surface area contributed by atoms with Gasteiger partial charge in [0, 0.05) is 19.8 Å². The number of unbranched alkanes of at least 4 members (excludes halogenated alkanes) is 40. The first kappa shape index (κ1) is 88.7. The minimum Gasteiger partial charge on any atom is -0.477 e. The van der Waals surface area contributed by atoms with Gasteiger partial charge in [0.25, 0.3) is 5.79 Å². The highest BCUT2D eigenvalue weighted by Crippen LogP contribution is 2.39. The number of carbonyl (C=O) groups excluding carboxylic acids is 2. The number of nitrogens with one attached hydrogen (secondary N) is 2. The topological polar surface area (TPSA) is 373 Å². The highest BCUT2D eigenvalue weighted by Gasteiger charge is 2.60. The fraction of sp³-hybridized carbons (Fsp3) is 0.932. The molecule has 570 valence electrons. The Hall–Kier alpha value is -2.53. The fourth-order valence-electron chi connectivity index (χ4n) is 13.6. The van der Waals surface area contributed by atoms with Crippen molar-refractivity contribution in [3.8, 4) is 0 Å². The van der Waals surface area contributed by atoms with Gasteiger partial charge in [-0.15, -0.1) is 0 Å².